The second-order valence-corrected chi connectivity index (χ2v) is 4.77. The van der Waals surface area contributed by atoms with Gasteiger partial charge in [-0.2, -0.15) is 0 Å². The molecule has 1 fully saturated rings. The molecule has 0 aromatic heterocycles. The quantitative estimate of drug-likeness (QED) is 0.424. The molecule has 1 aliphatic heterocycles. The number of hydrogen-bond acceptors (Lipinski definition) is 6. The van der Waals surface area contributed by atoms with Crippen LogP contribution in [0.4, 0.5) is 11.4 Å². The van der Waals surface area contributed by atoms with Crippen LogP contribution in [0.2, 0.25) is 0 Å². The normalized spacial score (nSPS) is 15.6. The van der Waals surface area contributed by atoms with Gasteiger partial charge in [-0.25, -0.2) is 0 Å². The molecule has 2 rings (SSSR count). The molecular formula is C13H17N3O5. The van der Waals surface area contributed by atoms with Crippen molar-refractivity contribution in [3.8, 4) is 5.75 Å². The van der Waals surface area contributed by atoms with Gasteiger partial charge in [0.2, 0.25) is 0 Å². The number of carbonyl (C=O) groups is 1. The minimum atomic E-state index is -0.664. The number of amides is 1. The van der Waals surface area contributed by atoms with Gasteiger partial charge in [-0.15, -0.1) is 0 Å². The lowest BCUT2D eigenvalue weighted by Gasteiger charge is -2.22. The Hall–Kier alpha value is -2.19. The number of hydrogen-bond donors (Lipinski definition) is 3. The third kappa shape index (κ3) is 4.40. The molecule has 1 aliphatic rings. The number of rotatable bonds is 5. The Morgan fingerprint density at radius 3 is 2.86 bits per heavy atom. The van der Waals surface area contributed by atoms with Gasteiger partial charge < -0.3 is 20.5 Å². The second kappa shape index (κ2) is 7.00. The monoisotopic (exact) mass is 295 g/mol. The maximum atomic E-state index is 11.8. The Balaban J connectivity index is 1.91. The summed E-state index contributed by atoms with van der Waals surface area (Å²) in [4.78, 5) is 22.0. The molecule has 1 aromatic carbocycles. The van der Waals surface area contributed by atoms with Crippen molar-refractivity contribution in [3.63, 3.8) is 0 Å². The van der Waals surface area contributed by atoms with Crippen molar-refractivity contribution in [1.29, 1.82) is 0 Å². The van der Waals surface area contributed by atoms with E-state index < -0.39 is 10.8 Å². The Labute approximate surface area is 121 Å². The minimum absolute atomic E-state index is 0.0341. The Morgan fingerprint density at radius 1 is 1.48 bits per heavy atom. The Kier molecular flexibility index (Phi) is 5.07. The van der Waals surface area contributed by atoms with Gasteiger partial charge in [-0.3, -0.25) is 14.9 Å². The molecule has 0 radical (unpaired) electrons. The molecule has 1 saturated heterocycles. The van der Waals surface area contributed by atoms with Crippen molar-refractivity contribution in [2.45, 2.75) is 18.9 Å². The molecule has 114 valence electrons. The average molecular weight is 295 g/mol. The van der Waals surface area contributed by atoms with Crippen molar-refractivity contribution in [2.24, 2.45) is 0 Å². The van der Waals surface area contributed by atoms with Gasteiger partial charge in [0.1, 0.15) is 18.0 Å². The predicted molar refractivity (Wildman–Crippen MR) is 75.2 cm³/mol. The first-order chi connectivity index (χ1) is 10.1. The van der Waals surface area contributed by atoms with E-state index in [4.69, 9.17) is 4.74 Å². The number of ether oxygens (including phenoxy) is 1. The highest BCUT2D eigenvalue weighted by molar-refractivity contribution is 5.94. The molecule has 3 N–H and O–H groups in total. The molecule has 0 bridgehead atoms. The molecule has 0 spiro atoms. The number of piperidine rings is 1. The topological polar surface area (TPSA) is 114 Å². The van der Waals surface area contributed by atoms with Crippen molar-refractivity contribution >= 4 is 17.3 Å². The molecule has 1 aromatic rings. The Bertz CT molecular complexity index is 529. The van der Waals surface area contributed by atoms with Gasteiger partial charge in [0.25, 0.3) is 11.6 Å². The molecule has 0 aliphatic carbocycles. The first-order valence-electron chi connectivity index (χ1n) is 6.66. The zero-order valence-electron chi connectivity index (χ0n) is 11.4. The summed E-state index contributed by atoms with van der Waals surface area (Å²) in [6, 6.07) is 3.55. The minimum Gasteiger partial charge on any atom is -0.508 e. The van der Waals surface area contributed by atoms with Crippen molar-refractivity contribution < 1.29 is 19.6 Å². The van der Waals surface area contributed by atoms with Gasteiger partial charge in [0, 0.05) is 0 Å². The molecule has 0 atom stereocenters. The smallest absolute Gasteiger partial charge is 0.296 e. The highest BCUT2D eigenvalue weighted by Crippen LogP contribution is 2.28. The standard InChI is InChI=1S/C13H17N3O5/c17-9-1-2-11(12(7-9)16(19)20)15-13(18)8-21-10-3-5-14-6-4-10/h1-2,7,10,14,17H,3-6,8H2,(H,15,18). The maximum absolute atomic E-state index is 11.8. The van der Waals surface area contributed by atoms with Gasteiger partial charge >= 0.3 is 0 Å². The maximum Gasteiger partial charge on any atom is 0.296 e. The van der Waals surface area contributed by atoms with Crippen LogP contribution in [-0.2, 0) is 9.53 Å². The van der Waals surface area contributed by atoms with E-state index in [9.17, 15) is 20.0 Å². The van der Waals surface area contributed by atoms with Crippen LogP contribution in [0.15, 0.2) is 18.2 Å². The van der Waals surface area contributed by atoms with Crippen LogP contribution in [0, 0.1) is 10.1 Å². The number of nitro benzene ring substituents is 1. The first-order valence-corrected chi connectivity index (χ1v) is 6.66. The van der Waals surface area contributed by atoms with Crippen molar-refractivity contribution in [2.75, 3.05) is 25.0 Å². The van der Waals surface area contributed by atoms with E-state index in [0.29, 0.717) is 0 Å². The molecular weight excluding hydrogens is 278 g/mol. The summed E-state index contributed by atoms with van der Waals surface area (Å²) in [7, 11) is 0. The summed E-state index contributed by atoms with van der Waals surface area (Å²) in [5.41, 5.74) is -0.318. The fraction of sp³-hybridized carbons (Fsp3) is 0.462. The zero-order chi connectivity index (χ0) is 15.2. The number of nitro groups is 1. The molecule has 1 heterocycles. The van der Waals surface area contributed by atoms with E-state index in [2.05, 4.69) is 10.6 Å². The fourth-order valence-corrected chi connectivity index (χ4v) is 2.12. The van der Waals surface area contributed by atoms with E-state index >= 15 is 0 Å². The molecule has 8 heteroatoms. The number of phenolic OH excluding ortho intramolecular Hbond substituents is 1. The van der Waals surface area contributed by atoms with Crippen LogP contribution in [0.3, 0.4) is 0 Å². The van der Waals surface area contributed by atoms with E-state index in [1.165, 1.54) is 12.1 Å². The summed E-state index contributed by atoms with van der Waals surface area (Å²) >= 11 is 0. The summed E-state index contributed by atoms with van der Waals surface area (Å²) in [6.07, 6.45) is 1.71. The second-order valence-electron chi connectivity index (χ2n) is 4.77. The van der Waals surface area contributed by atoms with Gasteiger partial charge in [0.05, 0.1) is 17.1 Å². The van der Waals surface area contributed by atoms with Gasteiger partial charge in [-0.1, -0.05) is 0 Å². The third-order valence-corrected chi connectivity index (χ3v) is 3.19. The lowest BCUT2D eigenvalue weighted by atomic mass is 10.1. The van der Waals surface area contributed by atoms with Crippen LogP contribution >= 0.6 is 0 Å². The highest BCUT2D eigenvalue weighted by atomic mass is 16.6. The number of nitrogens with one attached hydrogen (secondary N) is 2. The van der Waals surface area contributed by atoms with E-state index in [-0.39, 0.29) is 29.8 Å². The van der Waals surface area contributed by atoms with Crippen LogP contribution in [0.25, 0.3) is 0 Å². The van der Waals surface area contributed by atoms with E-state index in [1.54, 1.807) is 0 Å². The molecule has 8 nitrogen and oxygen atoms in total. The third-order valence-electron chi connectivity index (χ3n) is 3.19. The van der Waals surface area contributed by atoms with Crippen LogP contribution in [0.1, 0.15) is 12.8 Å². The largest absolute Gasteiger partial charge is 0.508 e. The summed E-state index contributed by atoms with van der Waals surface area (Å²) in [5.74, 6) is -0.687. The fourth-order valence-electron chi connectivity index (χ4n) is 2.12. The zero-order valence-corrected chi connectivity index (χ0v) is 11.4. The predicted octanol–water partition coefficient (Wildman–Crippen LogP) is 1.01. The van der Waals surface area contributed by atoms with E-state index in [0.717, 1.165) is 32.0 Å². The summed E-state index contributed by atoms with van der Waals surface area (Å²) < 4.78 is 5.47. The van der Waals surface area contributed by atoms with Gasteiger partial charge in [0.15, 0.2) is 0 Å². The number of carbonyl (C=O) groups excluding carboxylic acids is 1. The molecule has 21 heavy (non-hydrogen) atoms. The lowest BCUT2D eigenvalue weighted by molar-refractivity contribution is -0.384. The average Bonchev–Trinajstić information content (AvgIpc) is 2.48. The van der Waals surface area contributed by atoms with E-state index in [1.807, 2.05) is 0 Å². The summed E-state index contributed by atoms with van der Waals surface area (Å²) in [6.45, 7) is 1.56. The lowest BCUT2D eigenvalue weighted by Crippen LogP contribution is -2.34. The van der Waals surface area contributed by atoms with Crippen molar-refractivity contribution in [3.05, 3.63) is 28.3 Å². The van der Waals surface area contributed by atoms with Crippen LogP contribution < -0.4 is 10.6 Å². The molecule has 0 unspecified atom stereocenters. The highest BCUT2D eigenvalue weighted by Gasteiger charge is 2.18. The number of nitrogens with zero attached hydrogens (tertiary/aromatic N) is 1. The number of anilines is 1. The van der Waals surface area contributed by atoms with Crippen molar-refractivity contribution in [1.82, 2.24) is 5.32 Å². The molecule has 1 amide bonds. The summed E-state index contributed by atoms with van der Waals surface area (Å²) in [5, 5.41) is 25.7. The SMILES string of the molecule is O=C(COC1CCNCC1)Nc1ccc(O)cc1[N+](=O)[O-]. The first kappa shape index (κ1) is 15.2. The number of aromatic hydroxyl groups is 1. The number of phenols is 1. The molecule has 0 saturated carbocycles. The van der Waals surface area contributed by atoms with Crippen LogP contribution in [-0.4, -0.2) is 41.7 Å². The van der Waals surface area contributed by atoms with Gasteiger partial charge in [-0.05, 0) is 38.1 Å². The van der Waals surface area contributed by atoms with Crippen LogP contribution in [0.5, 0.6) is 5.75 Å². The number of benzene rings is 1. The Morgan fingerprint density at radius 2 is 2.19 bits per heavy atom.